The van der Waals surface area contributed by atoms with Crippen LogP contribution < -0.4 is 9.47 Å². The van der Waals surface area contributed by atoms with Crippen molar-refractivity contribution in [2.24, 2.45) is 0 Å². The van der Waals surface area contributed by atoms with E-state index in [0.29, 0.717) is 22.1 Å². The summed E-state index contributed by atoms with van der Waals surface area (Å²) in [6, 6.07) is 5.42. The molecular weight excluding hydrogens is 302 g/mol. The molecule has 6 heteroatoms. The molecule has 22 heavy (non-hydrogen) atoms. The fraction of sp³-hybridized carbons (Fsp3) is 0.250. The predicted octanol–water partition coefficient (Wildman–Crippen LogP) is 3.18. The van der Waals surface area contributed by atoms with E-state index < -0.39 is 5.97 Å². The fourth-order valence-corrected chi connectivity index (χ4v) is 2.71. The monoisotopic (exact) mass is 319 g/mol. The van der Waals surface area contributed by atoms with E-state index in [1.807, 2.05) is 18.4 Å². The summed E-state index contributed by atoms with van der Waals surface area (Å²) in [5, 5.41) is 2.51. The maximum Gasteiger partial charge on any atom is 0.340 e. The predicted molar refractivity (Wildman–Crippen MR) is 86.3 cm³/mol. The number of aromatic nitrogens is 1. The Morgan fingerprint density at radius 1 is 1.18 bits per heavy atom. The van der Waals surface area contributed by atoms with E-state index in [2.05, 4.69) is 4.98 Å². The smallest absolute Gasteiger partial charge is 0.340 e. The Balaban J connectivity index is 2.47. The Labute approximate surface area is 133 Å². The van der Waals surface area contributed by atoms with Crippen LogP contribution in [-0.4, -0.2) is 32.3 Å². The number of ether oxygens (including phenoxy) is 3. The van der Waals surface area contributed by atoms with Gasteiger partial charge in [-0.1, -0.05) is 6.07 Å². The number of nitrogens with zero attached hydrogens (tertiary/aromatic N) is 1. The quantitative estimate of drug-likeness (QED) is 0.626. The largest absolute Gasteiger partial charge is 0.493 e. The molecule has 0 aliphatic carbocycles. The Morgan fingerprint density at radius 2 is 1.91 bits per heavy atom. The van der Waals surface area contributed by atoms with Crippen molar-refractivity contribution in [1.82, 2.24) is 4.98 Å². The molecule has 1 aromatic heterocycles. The minimum Gasteiger partial charge on any atom is -0.493 e. The maximum atomic E-state index is 12.0. The molecule has 5 nitrogen and oxygen atoms in total. The highest BCUT2D eigenvalue weighted by Gasteiger charge is 2.16. The second kappa shape index (κ2) is 7.09. The molecule has 2 rings (SSSR count). The highest BCUT2D eigenvalue weighted by atomic mass is 32.1. The van der Waals surface area contributed by atoms with Gasteiger partial charge in [0, 0.05) is 11.1 Å². The summed E-state index contributed by atoms with van der Waals surface area (Å²) in [5.74, 6) is 0.796. The maximum absolute atomic E-state index is 12.0. The number of aryl methyl sites for hydroxylation is 1. The molecule has 0 amide bonds. The summed E-state index contributed by atoms with van der Waals surface area (Å²) in [6.45, 7) is 1.88. The van der Waals surface area contributed by atoms with Crippen molar-refractivity contribution in [2.45, 2.75) is 6.92 Å². The molecule has 0 radical (unpaired) electrons. The van der Waals surface area contributed by atoms with Crippen LogP contribution >= 0.6 is 11.3 Å². The number of carbonyl (C=O) groups is 1. The SMILES string of the molecule is COC(=O)/C(=C\c1ccc(OC)c(OC)c1)c1nc(C)cs1. The molecule has 0 fully saturated rings. The third-order valence-corrected chi connectivity index (χ3v) is 3.97. The van der Waals surface area contributed by atoms with Gasteiger partial charge in [0.15, 0.2) is 11.5 Å². The average molecular weight is 319 g/mol. The van der Waals surface area contributed by atoms with Gasteiger partial charge in [0.25, 0.3) is 0 Å². The van der Waals surface area contributed by atoms with E-state index in [4.69, 9.17) is 14.2 Å². The second-order valence-electron chi connectivity index (χ2n) is 4.46. The summed E-state index contributed by atoms with van der Waals surface area (Å²) >= 11 is 1.40. The molecule has 0 N–H and O–H groups in total. The van der Waals surface area contributed by atoms with Crippen LogP contribution in [0.2, 0.25) is 0 Å². The summed E-state index contributed by atoms with van der Waals surface area (Å²) in [6.07, 6.45) is 1.73. The molecule has 0 aliphatic rings. The number of rotatable bonds is 5. The number of hydrogen-bond donors (Lipinski definition) is 0. The van der Waals surface area contributed by atoms with E-state index in [1.54, 1.807) is 32.4 Å². The molecule has 2 aromatic rings. The molecule has 0 saturated heterocycles. The summed E-state index contributed by atoms with van der Waals surface area (Å²) in [7, 11) is 4.49. The topological polar surface area (TPSA) is 57.7 Å². The van der Waals surface area contributed by atoms with E-state index in [0.717, 1.165) is 11.3 Å². The normalized spacial score (nSPS) is 11.2. The third-order valence-electron chi connectivity index (χ3n) is 2.97. The molecule has 0 bridgehead atoms. The van der Waals surface area contributed by atoms with E-state index in [9.17, 15) is 4.79 Å². The number of benzene rings is 1. The zero-order valence-electron chi connectivity index (χ0n) is 12.9. The van der Waals surface area contributed by atoms with Gasteiger partial charge in [-0.3, -0.25) is 0 Å². The van der Waals surface area contributed by atoms with Crippen LogP contribution in [0.4, 0.5) is 0 Å². The lowest BCUT2D eigenvalue weighted by Crippen LogP contribution is -2.03. The number of methoxy groups -OCH3 is 3. The lowest BCUT2D eigenvalue weighted by atomic mass is 10.1. The molecule has 0 unspecified atom stereocenters. The molecule has 1 heterocycles. The molecule has 0 saturated carbocycles. The highest BCUT2D eigenvalue weighted by Crippen LogP contribution is 2.30. The van der Waals surface area contributed by atoms with Crippen LogP contribution in [-0.2, 0) is 9.53 Å². The van der Waals surface area contributed by atoms with E-state index in [-0.39, 0.29) is 0 Å². The van der Waals surface area contributed by atoms with Gasteiger partial charge >= 0.3 is 5.97 Å². The summed E-state index contributed by atoms with van der Waals surface area (Å²) in [4.78, 5) is 16.4. The Kier molecular flexibility index (Phi) is 5.16. The van der Waals surface area contributed by atoms with Gasteiger partial charge in [-0.2, -0.15) is 0 Å². The van der Waals surface area contributed by atoms with Crippen molar-refractivity contribution in [1.29, 1.82) is 0 Å². The van der Waals surface area contributed by atoms with Crippen molar-refractivity contribution < 1.29 is 19.0 Å². The van der Waals surface area contributed by atoms with Gasteiger partial charge in [-0.05, 0) is 30.7 Å². The van der Waals surface area contributed by atoms with Gasteiger partial charge in [0.05, 0.1) is 26.9 Å². The second-order valence-corrected chi connectivity index (χ2v) is 5.32. The zero-order valence-corrected chi connectivity index (χ0v) is 13.7. The van der Waals surface area contributed by atoms with Gasteiger partial charge in [0.1, 0.15) is 5.01 Å². The number of esters is 1. The fourth-order valence-electron chi connectivity index (χ4n) is 1.90. The van der Waals surface area contributed by atoms with Crippen LogP contribution in [0.15, 0.2) is 23.6 Å². The summed E-state index contributed by atoms with van der Waals surface area (Å²) < 4.78 is 15.3. The molecule has 116 valence electrons. The molecule has 0 aliphatic heterocycles. The van der Waals surface area contributed by atoms with Crippen LogP contribution in [0.3, 0.4) is 0 Å². The first-order valence-corrected chi connectivity index (χ1v) is 7.41. The van der Waals surface area contributed by atoms with E-state index in [1.165, 1.54) is 18.4 Å². The lowest BCUT2D eigenvalue weighted by Gasteiger charge is -2.08. The first-order chi connectivity index (χ1) is 10.6. The van der Waals surface area contributed by atoms with Crippen molar-refractivity contribution >= 4 is 29.0 Å². The number of thiazole rings is 1. The molecule has 0 spiro atoms. The minimum absolute atomic E-state index is 0.410. The third kappa shape index (κ3) is 3.46. The standard InChI is InChI=1S/C16H17NO4S/c1-10-9-22-15(17-10)12(16(18)21-4)7-11-5-6-13(19-2)14(8-11)20-3/h5-9H,1-4H3/b12-7-. The zero-order chi connectivity index (χ0) is 16.1. The van der Waals surface area contributed by atoms with Crippen molar-refractivity contribution in [3.63, 3.8) is 0 Å². The first kappa shape index (κ1) is 16.0. The van der Waals surface area contributed by atoms with Gasteiger partial charge in [0.2, 0.25) is 0 Å². The molecule has 0 atom stereocenters. The van der Waals surface area contributed by atoms with Crippen LogP contribution in [0.1, 0.15) is 16.3 Å². The van der Waals surface area contributed by atoms with Gasteiger partial charge in [-0.25, -0.2) is 9.78 Å². The number of hydrogen-bond acceptors (Lipinski definition) is 6. The van der Waals surface area contributed by atoms with E-state index >= 15 is 0 Å². The molecule has 1 aromatic carbocycles. The van der Waals surface area contributed by atoms with Crippen LogP contribution in [0, 0.1) is 6.92 Å². The Morgan fingerprint density at radius 3 is 2.45 bits per heavy atom. The Bertz CT molecular complexity index is 706. The summed E-state index contributed by atoms with van der Waals surface area (Å²) in [5.41, 5.74) is 2.07. The van der Waals surface area contributed by atoms with Crippen molar-refractivity contribution in [3.8, 4) is 11.5 Å². The molecular formula is C16H17NO4S. The highest BCUT2D eigenvalue weighted by molar-refractivity contribution is 7.11. The minimum atomic E-state index is -0.427. The average Bonchev–Trinajstić information content (AvgIpc) is 2.97. The van der Waals surface area contributed by atoms with Crippen LogP contribution in [0.5, 0.6) is 11.5 Å². The van der Waals surface area contributed by atoms with Crippen LogP contribution in [0.25, 0.3) is 11.6 Å². The van der Waals surface area contributed by atoms with Gasteiger partial charge in [-0.15, -0.1) is 11.3 Å². The lowest BCUT2D eigenvalue weighted by molar-refractivity contribution is -0.133. The Hall–Kier alpha value is -2.34. The first-order valence-electron chi connectivity index (χ1n) is 6.53. The number of carbonyl (C=O) groups excluding carboxylic acids is 1. The van der Waals surface area contributed by atoms with Gasteiger partial charge < -0.3 is 14.2 Å². The van der Waals surface area contributed by atoms with Crippen molar-refractivity contribution in [3.05, 3.63) is 39.8 Å². The van der Waals surface area contributed by atoms with Crippen molar-refractivity contribution in [2.75, 3.05) is 21.3 Å².